The van der Waals surface area contributed by atoms with Gasteiger partial charge in [0, 0.05) is 38.8 Å². The summed E-state index contributed by atoms with van der Waals surface area (Å²) in [7, 11) is 0. The second-order valence-electron chi connectivity index (χ2n) is 8.94. The molecule has 0 bridgehead atoms. The molecule has 1 aliphatic heterocycles. The molecule has 35 heavy (non-hydrogen) atoms. The van der Waals surface area contributed by atoms with E-state index in [1.807, 2.05) is 29.6 Å². The van der Waals surface area contributed by atoms with Crippen molar-refractivity contribution in [1.82, 2.24) is 15.1 Å². The summed E-state index contributed by atoms with van der Waals surface area (Å²) in [5.74, 6) is -0.182. The summed E-state index contributed by atoms with van der Waals surface area (Å²) in [5, 5.41) is 4.82. The maximum Gasteiger partial charge on any atom is 0.264 e. The first kappa shape index (κ1) is 25.1. The number of piperidine rings is 1. The van der Waals surface area contributed by atoms with Crippen molar-refractivity contribution in [1.29, 1.82) is 0 Å². The molecule has 1 aromatic heterocycles. The molecular formula is C28H34N4O2S. The molecule has 6 nitrogen and oxygen atoms in total. The van der Waals surface area contributed by atoms with Gasteiger partial charge in [-0.05, 0) is 41.8 Å². The maximum absolute atomic E-state index is 13.2. The summed E-state index contributed by atoms with van der Waals surface area (Å²) in [5.41, 5.74) is 8.18. The largest absolute Gasteiger partial charge is 0.353 e. The van der Waals surface area contributed by atoms with Crippen molar-refractivity contribution in [2.45, 2.75) is 37.9 Å². The highest BCUT2D eigenvalue weighted by Crippen LogP contribution is 2.27. The first-order valence-electron chi connectivity index (χ1n) is 12.3. The van der Waals surface area contributed by atoms with Crippen LogP contribution in [0.3, 0.4) is 0 Å². The van der Waals surface area contributed by atoms with Gasteiger partial charge in [0.05, 0.1) is 4.88 Å². The Morgan fingerprint density at radius 2 is 1.71 bits per heavy atom. The van der Waals surface area contributed by atoms with Crippen LogP contribution in [0.1, 0.15) is 33.6 Å². The van der Waals surface area contributed by atoms with Gasteiger partial charge in [-0.25, -0.2) is 0 Å². The van der Waals surface area contributed by atoms with Crippen molar-refractivity contribution in [2.75, 3.05) is 26.2 Å². The molecular weight excluding hydrogens is 456 g/mol. The number of carbonyl (C=O) groups excluding carboxylic acids is 2. The lowest BCUT2D eigenvalue weighted by molar-refractivity contribution is -0.127. The molecule has 0 spiro atoms. The van der Waals surface area contributed by atoms with Gasteiger partial charge >= 0.3 is 0 Å². The van der Waals surface area contributed by atoms with E-state index in [-0.39, 0.29) is 17.9 Å². The van der Waals surface area contributed by atoms with Crippen LogP contribution in [-0.2, 0) is 17.8 Å². The smallest absolute Gasteiger partial charge is 0.264 e. The average molecular weight is 491 g/mol. The summed E-state index contributed by atoms with van der Waals surface area (Å²) in [4.78, 5) is 31.3. The predicted molar refractivity (Wildman–Crippen MR) is 141 cm³/mol. The molecule has 0 saturated carbocycles. The van der Waals surface area contributed by atoms with Gasteiger partial charge in [0.25, 0.3) is 5.91 Å². The number of nitrogens with one attached hydrogen (secondary N) is 1. The third-order valence-corrected chi connectivity index (χ3v) is 7.45. The number of nitrogens with two attached hydrogens (primary N) is 1. The van der Waals surface area contributed by atoms with Gasteiger partial charge in [-0.2, -0.15) is 0 Å². The molecule has 7 heteroatoms. The second kappa shape index (κ2) is 12.6. The summed E-state index contributed by atoms with van der Waals surface area (Å²) in [6, 6.07) is 24.4. The number of thiophene rings is 1. The summed E-state index contributed by atoms with van der Waals surface area (Å²) in [6.07, 6.45) is 2.38. The minimum atomic E-state index is -0.509. The monoisotopic (exact) mass is 490 g/mol. The normalized spacial score (nSPS) is 17.9. The van der Waals surface area contributed by atoms with Crippen LogP contribution in [-0.4, -0.2) is 59.9 Å². The average Bonchev–Trinajstić information content (AvgIpc) is 3.45. The maximum atomic E-state index is 13.2. The van der Waals surface area contributed by atoms with E-state index in [2.05, 4.69) is 58.7 Å². The zero-order valence-electron chi connectivity index (χ0n) is 20.0. The van der Waals surface area contributed by atoms with Gasteiger partial charge in [-0.3, -0.25) is 14.5 Å². The predicted octanol–water partition coefficient (Wildman–Crippen LogP) is 3.54. The zero-order chi connectivity index (χ0) is 24.5. The Morgan fingerprint density at radius 3 is 2.37 bits per heavy atom. The van der Waals surface area contributed by atoms with Crippen molar-refractivity contribution in [3.8, 4) is 0 Å². The Bertz CT molecular complexity index is 1060. The number of rotatable bonds is 10. The van der Waals surface area contributed by atoms with E-state index in [1.165, 1.54) is 22.5 Å². The molecule has 0 radical (unpaired) electrons. The lowest BCUT2D eigenvalue weighted by Gasteiger charge is -2.43. The van der Waals surface area contributed by atoms with Crippen LogP contribution in [0.4, 0.5) is 0 Å². The van der Waals surface area contributed by atoms with Crippen LogP contribution >= 0.6 is 11.3 Å². The molecule has 184 valence electrons. The third kappa shape index (κ3) is 6.78. The first-order valence-corrected chi connectivity index (χ1v) is 13.2. The van der Waals surface area contributed by atoms with E-state index in [0.29, 0.717) is 30.9 Å². The number of likely N-dealkylation sites (tertiary alicyclic amines) is 1. The summed E-state index contributed by atoms with van der Waals surface area (Å²) < 4.78 is 0. The van der Waals surface area contributed by atoms with Crippen LogP contribution < -0.4 is 11.1 Å². The molecule has 1 saturated heterocycles. The minimum absolute atomic E-state index is 0.0646. The van der Waals surface area contributed by atoms with Gasteiger partial charge in [-0.1, -0.05) is 66.7 Å². The Labute approximate surface area is 211 Å². The highest BCUT2D eigenvalue weighted by molar-refractivity contribution is 7.12. The highest BCUT2D eigenvalue weighted by Gasteiger charge is 2.38. The van der Waals surface area contributed by atoms with Crippen LogP contribution in [0.15, 0.2) is 78.2 Å². The number of amides is 2. The number of hydrogen-bond donors (Lipinski definition) is 2. The molecule has 1 aliphatic rings. The van der Waals surface area contributed by atoms with E-state index in [9.17, 15) is 9.59 Å². The van der Waals surface area contributed by atoms with Gasteiger partial charge in [-0.15, -0.1) is 11.3 Å². The highest BCUT2D eigenvalue weighted by atomic mass is 32.1. The molecule has 4 rings (SSSR count). The van der Waals surface area contributed by atoms with Gasteiger partial charge in [0.1, 0.15) is 6.04 Å². The van der Waals surface area contributed by atoms with E-state index in [4.69, 9.17) is 5.73 Å². The number of nitrogens with zero attached hydrogens (tertiary/aromatic N) is 2. The fourth-order valence-electron chi connectivity index (χ4n) is 4.75. The van der Waals surface area contributed by atoms with Crippen molar-refractivity contribution in [3.05, 3.63) is 94.2 Å². The van der Waals surface area contributed by atoms with Crippen LogP contribution in [0.2, 0.25) is 0 Å². The van der Waals surface area contributed by atoms with Gasteiger partial charge in [0.2, 0.25) is 5.91 Å². The molecule has 2 aromatic carbocycles. The number of hydrogen-bond acceptors (Lipinski definition) is 5. The second-order valence-corrected chi connectivity index (χ2v) is 9.89. The fraction of sp³-hybridized carbons (Fsp3) is 0.357. The number of carbonyl (C=O) groups is 2. The van der Waals surface area contributed by atoms with Gasteiger partial charge in [0.15, 0.2) is 0 Å². The van der Waals surface area contributed by atoms with E-state index in [0.717, 1.165) is 25.9 Å². The molecule has 3 N–H and O–H groups in total. The fourth-order valence-corrected chi connectivity index (χ4v) is 5.43. The quantitative estimate of drug-likeness (QED) is 0.456. The minimum Gasteiger partial charge on any atom is -0.353 e. The lowest BCUT2D eigenvalue weighted by atomic mass is 9.93. The van der Waals surface area contributed by atoms with E-state index in [1.54, 1.807) is 4.90 Å². The third-order valence-electron chi connectivity index (χ3n) is 6.59. The Morgan fingerprint density at radius 1 is 1.00 bits per heavy atom. The zero-order valence-corrected chi connectivity index (χ0v) is 20.8. The van der Waals surface area contributed by atoms with Crippen LogP contribution in [0.25, 0.3) is 0 Å². The van der Waals surface area contributed by atoms with Crippen LogP contribution in [0.5, 0.6) is 0 Å². The van der Waals surface area contributed by atoms with Gasteiger partial charge < -0.3 is 16.0 Å². The summed E-state index contributed by atoms with van der Waals surface area (Å²) in [6.45, 7) is 3.04. The molecule has 2 amide bonds. The molecule has 1 fully saturated rings. The molecule has 3 aromatic rings. The Kier molecular flexibility index (Phi) is 9.06. The van der Waals surface area contributed by atoms with Crippen molar-refractivity contribution in [2.24, 2.45) is 5.73 Å². The van der Waals surface area contributed by atoms with Crippen molar-refractivity contribution >= 4 is 23.2 Å². The summed E-state index contributed by atoms with van der Waals surface area (Å²) >= 11 is 1.42. The molecule has 0 aliphatic carbocycles. The standard InChI is InChI=1S/C28H34N4O2S/c29-15-16-30-27(33)25-20-24(14-18-32(25)28(34)26-12-7-19-35-26)31(21-23-10-5-2-6-11-23)17-13-22-8-3-1-4-9-22/h1-12,19,24-25H,13-18,20-21,29H2,(H,30,33)/t24?,25-/m1/s1. The topological polar surface area (TPSA) is 78.7 Å². The molecule has 2 atom stereocenters. The molecule has 2 heterocycles. The van der Waals surface area contributed by atoms with Crippen molar-refractivity contribution in [3.63, 3.8) is 0 Å². The van der Waals surface area contributed by atoms with Crippen LogP contribution in [0, 0.1) is 0 Å². The first-order chi connectivity index (χ1) is 17.2. The number of benzene rings is 2. The lowest BCUT2D eigenvalue weighted by Crippen LogP contribution is -2.57. The SMILES string of the molecule is NCCNC(=O)[C@H]1CC(N(CCc2ccccc2)Cc2ccccc2)CCN1C(=O)c1cccs1. The van der Waals surface area contributed by atoms with E-state index >= 15 is 0 Å². The Hall–Kier alpha value is -3.00. The van der Waals surface area contributed by atoms with E-state index < -0.39 is 6.04 Å². The Balaban J connectivity index is 1.53. The van der Waals surface area contributed by atoms with Crippen molar-refractivity contribution < 1.29 is 9.59 Å². The molecule has 1 unspecified atom stereocenters.